The molecular formula is C14H26N2O2. The van der Waals surface area contributed by atoms with Crippen LogP contribution in [-0.2, 0) is 9.59 Å². The fraction of sp³-hybridized carbons (Fsp3) is 0.857. The van der Waals surface area contributed by atoms with Gasteiger partial charge in [-0.15, -0.1) is 0 Å². The van der Waals surface area contributed by atoms with E-state index in [2.05, 4.69) is 19.2 Å². The van der Waals surface area contributed by atoms with E-state index in [1.165, 1.54) is 6.42 Å². The Morgan fingerprint density at radius 2 is 1.61 bits per heavy atom. The van der Waals surface area contributed by atoms with Gasteiger partial charge < -0.3 is 11.1 Å². The fourth-order valence-electron chi connectivity index (χ4n) is 3.00. The molecule has 1 saturated carbocycles. The van der Waals surface area contributed by atoms with Crippen molar-refractivity contribution < 1.29 is 9.59 Å². The largest absolute Gasteiger partial charge is 0.368 e. The van der Waals surface area contributed by atoms with Gasteiger partial charge in [0.15, 0.2) is 0 Å². The van der Waals surface area contributed by atoms with Crippen molar-refractivity contribution in [3.63, 3.8) is 0 Å². The Labute approximate surface area is 110 Å². The third-order valence-electron chi connectivity index (χ3n) is 3.82. The number of nitrogens with two attached hydrogens (primary N) is 1. The van der Waals surface area contributed by atoms with Gasteiger partial charge >= 0.3 is 0 Å². The summed E-state index contributed by atoms with van der Waals surface area (Å²) >= 11 is 0. The normalized spacial score (nSPS) is 29.9. The number of hydrogen-bond donors (Lipinski definition) is 2. The lowest BCUT2D eigenvalue weighted by Crippen LogP contribution is -2.50. The smallest absolute Gasteiger partial charge is 0.240 e. The van der Waals surface area contributed by atoms with Crippen LogP contribution in [0.2, 0.25) is 0 Å². The van der Waals surface area contributed by atoms with E-state index in [-0.39, 0.29) is 17.7 Å². The Morgan fingerprint density at radius 1 is 1.11 bits per heavy atom. The molecule has 4 nitrogen and oxygen atoms in total. The van der Waals surface area contributed by atoms with Crippen LogP contribution in [0.15, 0.2) is 0 Å². The second-order valence-electron chi connectivity index (χ2n) is 6.25. The van der Waals surface area contributed by atoms with Gasteiger partial charge in [0.2, 0.25) is 11.8 Å². The van der Waals surface area contributed by atoms with Crippen LogP contribution < -0.4 is 11.1 Å². The molecule has 18 heavy (non-hydrogen) atoms. The molecular weight excluding hydrogens is 228 g/mol. The maximum atomic E-state index is 12.2. The van der Waals surface area contributed by atoms with Crippen molar-refractivity contribution >= 4 is 11.8 Å². The van der Waals surface area contributed by atoms with E-state index in [9.17, 15) is 9.59 Å². The Bertz CT molecular complexity index is 305. The number of amides is 2. The summed E-state index contributed by atoms with van der Waals surface area (Å²) in [5.74, 6) is 0.765. The third-order valence-corrected chi connectivity index (χ3v) is 3.82. The van der Waals surface area contributed by atoms with Crippen molar-refractivity contribution in [2.24, 2.45) is 29.4 Å². The van der Waals surface area contributed by atoms with E-state index in [1.54, 1.807) is 0 Å². The number of carbonyl (C=O) groups excluding carboxylic acids is 2. The second-order valence-corrected chi connectivity index (χ2v) is 6.25. The summed E-state index contributed by atoms with van der Waals surface area (Å²) in [5.41, 5.74) is 5.32. The third kappa shape index (κ3) is 4.00. The summed E-state index contributed by atoms with van der Waals surface area (Å²) in [6, 6.07) is -0.551. The van der Waals surface area contributed by atoms with Gasteiger partial charge in [-0.25, -0.2) is 0 Å². The topological polar surface area (TPSA) is 72.2 Å². The SMILES string of the molecule is CC(C)[C@H](NC(=O)[C@@H]1C[C@H](C)C[C@H](C)C1)C(N)=O. The molecule has 0 bridgehead atoms. The summed E-state index contributed by atoms with van der Waals surface area (Å²) < 4.78 is 0. The lowest BCUT2D eigenvalue weighted by Gasteiger charge is -2.31. The monoisotopic (exact) mass is 254 g/mol. The van der Waals surface area contributed by atoms with Gasteiger partial charge in [-0.2, -0.15) is 0 Å². The molecule has 0 heterocycles. The van der Waals surface area contributed by atoms with E-state index >= 15 is 0 Å². The van der Waals surface area contributed by atoms with Crippen molar-refractivity contribution in [2.45, 2.75) is 53.0 Å². The van der Waals surface area contributed by atoms with Gasteiger partial charge in [-0.3, -0.25) is 9.59 Å². The Kier molecular flexibility index (Phi) is 5.17. The molecule has 104 valence electrons. The van der Waals surface area contributed by atoms with Crippen LogP contribution in [0.5, 0.6) is 0 Å². The van der Waals surface area contributed by atoms with Crippen LogP contribution in [0.1, 0.15) is 47.0 Å². The lowest BCUT2D eigenvalue weighted by atomic mass is 9.76. The second kappa shape index (κ2) is 6.21. The first-order valence-corrected chi connectivity index (χ1v) is 6.91. The Morgan fingerprint density at radius 3 is 2.00 bits per heavy atom. The van der Waals surface area contributed by atoms with Gasteiger partial charge in [0.25, 0.3) is 0 Å². The molecule has 0 unspecified atom stereocenters. The molecule has 3 N–H and O–H groups in total. The molecule has 0 spiro atoms. The molecule has 2 amide bonds. The highest BCUT2D eigenvalue weighted by molar-refractivity contribution is 5.87. The van der Waals surface area contributed by atoms with E-state index in [0.29, 0.717) is 11.8 Å². The predicted octanol–water partition coefficient (Wildman–Crippen LogP) is 1.68. The highest BCUT2D eigenvalue weighted by Gasteiger charge is 2.31. The zero-order valence-corrected chi connectivity index (χ0v) is 11.9. The molecule has 0 aromatic rings. The minimum absolute atomic E-state index is 0.00843. The lowest BCUT2D eigenvalue weighted by molar-refractivity contribution is -0.132. The van der Waals surface area contributed by atoms with Crippen LogP contribution >= 0.6 is 0 Å². The zero-order valence-electron chi connectivity index (χ0n) is 11.9. The molecule has 1 fully saturated rings. The quantitative estimate of drug-likeness (QED) is 0.801. The van der Waals surface area contributed by atoms with Crippen LogP contribution in [0.4, 0.5) is 0 Å². The number of nitrogens with one attached hydrogen (secondary N) is 1. The molecule has 0 aromatic heterocycles. The van der Waals surface area contributed by atoms with Crippen LogP contribution in [0.25, 0.3) is 0 Å². The van der Waals surface area contributed by atoms with Crippen LogP contribution in [-0.4, -0.2) is 17.9 Å². The zero-order chi connectivity index (χ0) is 13.9. The maximum Gasteiger partial charge on any atom is 0.240 e. The highest BCUT2D eigenvalue weighted by Crippen LogP contribution is 2.33. The summed E-state index contributed by atoms with van der Waals surface area (Å²) in [6.07, 6.45) is 3.02. The van der Waals surface area contributed by atoms with Crippen molar-refractivity contribution in [1.29, 1.82) is 0 Å². The van der Waals surface area contributed by atoms with Crippen LogP contribution in [0, 0.1) is 23.7 Å². The summed E-state index contributed by atoms with van der Waals surface area (Å²) in [6.45, 7) is 8.15. The summed E-state index contributed by atoms with van der Waals surface area (Å²) in [5, 5.41) is 2.81. The molecule has 4 atom stereocenters. The van der Waals surface area contributed by atoms with Crippen molar-refractivity contribution in [3.8, 4) is 0 Å². The van der Waals surface area contributed by atoms with Gasteiger partial charge in [0.1, 0.15) is 6.04 Å². The van der Waals surface area contributed by atoms with E-state index in [4.69, 9.17) is 5.73 Å². The summed E-state index contributed by atoms with van der Waals surface area (Å²) in [7, 11) is 0. The van der Waals surface area contributed by atoms with E-state index in [1.807, 2.05) is 13.8 Å². The van der Waals surface area contributed by atoms with Gasteiger partial charge in [0, 0.05) is 5.92 Å². The van der Waals surface area contributed by atoms with Gasteiger partial charge in [-0.05, 0) is 37.0 Å². The highest BCUT2D eigenvalue weighted by atomic mass is 16.2. The molecule has 0 aliphatic heterocycles. The summed E-state index contributed by atoms with van der Waals surface area (Å²) in [4.78, 5) is 23.5. The Hall–Kier alpha value is -1.06. The predicted molar refractivity (Wildman–Crippen MR) is 71.6 cm³/mol. The van der Waals surface area contributed by atoms with Gasteiger partial charge in [0.05, 0.1) is 0 Å². The number of hydrogen-bond acceptors (Lipinski definition) is 2. The van der Waals surface area contributed by atoms with E-state index in [0.717, 1.165) is 12.8 Å². The van der Waals surface area contributed by atoms with Crippen molar-refractivity contribution in [2.75, 3.05) is 0 Å². The number of rotatable bonds is 4. The maximum absolute atomic E-state index is 12.2. The fourth-order valence-corrected chi connectivity index (χ4v) is 3.00. The number of primary amides is 1. The first-order valence-electron chi connectivity index (χ1n) is 6.91. The molecule has 0 radical (unpaired) electrons. The molecule has 0 aromatic carbocycles. The molecule has 1 aliphatic rings. The first kappa shape index (κ1) is 15.0. The minimum Gasteiger partial charge on any atom is -0.368 e. The molecule has 4 heteroatoms. The number of carbonyl (C=O) groups is 2. The van der Waals surface area contributed by atoms with E-state index < -0.39 is 11.9 Å². The molecule has 0 saturated heterocycles. The average molecular weight is 254 g/mol. The molecule has 1 rings (SSSR count). The van der Waals surface area contributed by atoms with Gasteiger partial charge in [-0.1, -0.05) is 27.7 Å². The average Bonchev–Trinajstić information content (AvgIpc) is 2.23. The molecule has 1 aliphatic carbocycles. The van der Waals surface area contributed by atoms with Crippen molar-refractivity contribution in [1.82, 2.24) is 5.32 Å². The minimum atomic E-state index is -0.551. The first-order chi connectivity index (χ1) is 8.31. The van der Waals surface area contributed by atoms with Crippen molar-refractivity contribution in [3.05, 3.63) is 0 Å². The van der Waals surface area contributed by atoms with Crippen LogP contribution in [0.3, 0.4) is 0 Å². The standard InChI is InChI=1S/C14H26N2O2/c1-8(2)12(13(15)17)16-14(18)11-6-9(3)5-10(4)7-11/h8-12H,5-7H2,1-4H3,(H2,15,17)(H,16,18)/t9-,10+,11-,12-/m0/s1. The Balaban J connectivity index is 2.61.